The molecule has 87 valence electrons. The quantitative estimate of drug-likeness (QED) is 0.686. The van der Waals surface area contributed by atoms with Crippen LogP contribution in [0.3, 0.4) is 0 Å². The molecule has 1 rings (SSSR count). The topological polar surface area (TPSA) is 38.9 Å². The third-order valence-corrected chi connectivity index (χ3v) is 1.86. The number of nitrogen functional groups attached to an aromatic ring is 1. The number of rotatable bonds is 3. The van der Waals surface area contributed by atoms with Crippen LogP contribution < -0.4 is 5.73 Å². The molecule has 0 spiro atoms. The molecule has 1 aromatic heterocycles. The summed E-state index contributed by atoms with van der Waals surface area (Å²) < 4.78 is 0. The normalized spacial score (nSPS) is 10.4. The minimum absolute atomic E-state index is 0. The summed E-state index contributed by atoms with van der Waals surface area (Å²) in [5.74, 6) is 0. The number of pyridine rings is 1. The van der Waals surface area contributed by atoms with E-state index in [0.717, 1.165) is 16.8 Å². The van der Waals surface area contributed by atoms with Gasteiger partial charge in [0.2, 0.25) is 0 Å². The maximum atomic E-state index is 5.56. The molecule has 2 N–H and O–H groups in total. The van der Waals surface area contributed by atoms with Gasteiger partial charge in [-0.3, -0.25) is 0 Å². The van der Waals surface area contributed by atoms with Crippen LogP contribution in [0.4, 0.5) is 5.69 Å². The van der Waals surface area contributed by atoms with Gasteiger partial charge in [0.25, 0.3) is 0 Å². The molecule has 3 heteroatoms. The van der Waals surface area contributed by atoms with Crippen LogP contribution in [0.2, 0.25) is 0 Å². The van der Waals surface area contributed by atoms with E-state index in [-0.39, 0.29) is 32.7 Å². The molecule has 0 amide bonds. The number of nitrogens with two attached hydrogens (primary N) is 1. The first kappa shape index (κ1) is 16.3. The van der Waals surface area contributed by atoms with Crippen molar-refractivity contribution in [1.29, 1.82) is 0 Å². The molecule has 17 heavy (non-hydrogen) atoms. The van der Waals surface area contributed by atoms with E-state index in [1.807, 2.05) is 26.8 Å². The molecule has 0 aromatic carbocycles. The van der Waals surface area contributed by atoms with Crippen LogP contribution in [0.15, 0.2) is 42.1 Å². The molecular weight excluding hydrogens is 285 g/mol. The Morgan fingerprint density at radius 1 is 1.35 bits per heavy atom. The first-order chi connectivity index (χ1) is 7.49. The van der Waals surface area contributed by atoms with Gasteiger partial charge in [0.15, 0.2) is 0 Å². The van der Waals surface area contributed by atoms with Gasteiger partial charge in [0.05, 0.1) is 0 Å². The van der Waals surface area contributed by atoms with Gasteiger partial charge in [-0.1, -0.05) is 47.3 Å². The summed E-state index contributed by atoms with van der Waals surface area (Å²) in [5, 5.41) is 0. The SMILES string of the molecule is C=C(C)/C=C(\C=C(C)C)c1c[c-]c(N)cn1.[Y]. The summed E-state index contributed by atoms with van der Waals surface area (Å²) in [7, 11) is 0. The standard InChI is InChI=1S/C14H17N2.Y/c1-10(2)7-12(8-11(3)4)14-6-5-13(15)9-16-14;/h6-9H,1,15H2,2-4H3;/q-1;/b12-7+;. The summed E-state index contributed by atoms with van der Waals surface area (Å²) in [4.78, 5) is 4.27. The van der Waals surface area contributed by atoms with Crippen LogP contribution in [0.1, 0.15) is 26.5 Å². The van der Waals surface area contributed by atoms with Gasteiger partial charge < -0.3 is 10.7 Å². The number of hydrogen-bond donors (Lipinski definition) is 1. The molecule has 0 aliphatic carbocycles. The zero-order valence-electron chi connectivity index (χ0n) is 10.6. The van der Waals surface area contributed by atoms with Crippen LogP contribution in [-0.4, -0.2) is 4.98 Å². The van der Waals surface area contributed by atoms with Gasteiger partial charge in [-0.25, -0.2) is 0 Å². The van der Waals surface area contributed by atoms with Crippen molar-refractivity contribution in [2.75, 3.05) is 5.73 Å². The second kappa shape index (κ2) is 7.57. The molecule has 0 aliphatic heterocycles. The number of hydrogen-bond acceptors (Lipinski definition) is 2. The van der Waals surface area contributed by atoms with E-state index in [1.54, 1.807) is 12.3 Å². The Morgan fingerprint density at radius 2 is 2.00 bits per heavy atom. The van der Waals surface area contributed by atoms with E-state index in [9.17, 15) is 0 Å². The van der Waals surface area contributed by atoms with Crippen LogP contribution in [-0.2, 0) is 32.7 Å². The minimum atomic E-state index is 0. The average molecular weight is 302 g/mol. The predicted octanol–water partition coefficient (Wildman–Crippen LogP) is 3.39. The predicted molar refractivity (Wildman–Crippen MR) is 69.7 cm³/mol. The maximum absolute atomic E-state index is 5.56. The molecule has 0 bridgehead atoms. The fraction of sp³-hybridized carbons (Fsp3) is 0.214. The van der Waals surface area contributed by atoms with E-state index < -0.39 is 0 Å². The zero-order valence-corrected chi connectivity index (χ0v) is 13.5. The van der Waals surface area contributed by atoms with Gasteiger partial charge in [0, 0.05) is 32.7 Å². The van der Waals surface area contributed by atoms with Crippen molar-refractivity contribution in [2.24, 2.45) is 0 Å². The Bertz CT molecular complexity index is 438. The largest absolute Gasteiger partial charge is 0.418 e. The Morgan fingerprint density at radius 3 is 2.41 bits per heavy atom. The number of nitrogens with zero attached hydrogens (tertiary/aromatic N) is 1. The monoisotopic (exact) mass is 302 g/mol. The molecule has 0 unspecified atom stereocenters. The molecule has 0 saturated carbocycles. The molecule has 1 radical (unpaired) electrons. The van der Waals surface area contributed by atoms with Crippen molar-refractivity contribution in [3.05, 3.63) is 53.9 Å². The molecule has 2 nitrogen and oxygen atoms in total. The van der Waals surface area contributed by atoms with Gasteiger partial charge >= 0.3 is 0 Å². The zero-order chi connectivity index (χ0) is 12.1. The minimum Gasteiger partial charge on any atom is -0.418 e. The van der Waals surface area contributed by atoms with Crippen molar-refractivity contribution in [3.63, 3.8) is 0 Å². The van der Waals surface area contributed by atoms with Gasteiger partial charge in [0.1, 0.15) is 0 Å². The molecule has 1 aromatic rings. The van der Waals surface area contributed by atoms with Gasteiger partial charge in [-0.15, -0.1) is 6.07 Å². The summed E-state index contributed by atoms with van der Waals surface area (Å²) in [5.41, 5.74) is 10.2. The van der Waals surface area contributed by atoms with Crippen LogP contribution in [0, 0.1) is 6.07 Å². The van der Waals surface area contributed by atoms with Crippen molar-refractivity contribution < 1.29 is 32.7 Å². The molecule has 0 aliphatic rings. The van der Waals surface area contributed by atoms with Crippen molar-refractivity contribution in [1.82, 2.24) is 4.98 Å². The molecule has 0 saturated heterocycles. The van der Waals surface area contributed by atoms with E-state index >= 15 is 0 Å². The maximum Gasteiger partial charge on any atom is 0 e. The third-order valence-electron chi connectivity index (χ3n) is 1.86. The summed E-state index contributed by atoms with van der Waals surface area (Å²) in [6.45, 7) is 9.93. The van der Waals surface area contributed by atoms with E-state index in [2.05, 4.69) is 23.7 Å². The number of anilines is 1. The van der Waals surface area contributed by atoms with Crippen molar-refractivity contribution >= 4 is 11.3 Å². The Labute approximate surface area is 129 Å². The number of aromatic nitrogens is 1. The van der Waals surface area contributed by atoms with E-state index in [4.69, 9.17) is 5.73 Å². The summed E-state index contributed by atoms with van der Waals surface area (Å²) >= 11 is 0. The Hall–Kier alpha value is -0.726. The van der Waals surface area contributed by atoms with E-state index in [0.29, 0.717) is 5.69 Å². The summed E-state index contributed by atoms with van der Waals surface area (Å²) in [6.07, 6.45) is 5.68. The average Bonchev–Trinajstić information content (AvgIpc) is 2.16. The second-order valence-electron chi connectivity index (χ2n) is 4.06. The van der Waals surface area contributed by atoms with Crippen LogP contribution >= 0.6 is 0 Å². The van der Waals surface area contributed by atoms with Crippen LogP contribution in [0.25, 0.3) is 5.57 Å². The number of allylic oxidation sites excluding steroid dienone is 5. The molecule has 0 fully saturated rings. The molecular formula is C14H17N2Y-. The first-order valence-corrected chi connectivity index (χ1v) is 5.14. The first-order valence-electron chi connectivity index (χ1n) is 5.14. The third kappa shape index (κ3) is 5.95. The fourth-order valence-corrected chi connectivity index (χ4v) is 1.29. The van der Waals surface area contributed by atoms with Crippen LogP contribution in [0.5, 0.6) is 0 Å². The summed E-state index contributed by atoms with van der Waals surface area (Å²) in [6, 6.07) is 4.74. The Kier molecular flexibility index (Phi) is 7.25. The second-order valence-corrected chi connectivity index (χ2v) is 4.06. The van der Waals surface area contributed by atoms with Gasteiger partial charge in [-0.2, -0.15) is 6.07 Å². The fourth-order valence-electron chi connectivity index (χ4n) is 1.29. The van der Waals surface area contributed by atoms with E-state index in [1.165, 1.54) is 5.57 Å². The molecule has 0 atom stereocenters. The van der Waals surface area contributed by atoms with Crippen molar-refractivity contribution in [2.45, 2.75) is 20.8 Å². The van der Waals surface area contributed by atoms with Crippen molar-refractivity contribution in [3.8, 4) is 0 Å². The smallest absolute Gasteiger partial charge is 0 e. The molecule has 1 heterocycles. The Balaban J connectivity index is 0.00000256. The van der Waals surface area contributed by atoms with Gasteiger partial charge in [-0.05, 0) is 26.5 Å².